The smallest absolute Gasteiger partial charge is 0.295 e. The van der Waals surface area contributed by atoms with Crippen LogP contribution in [0.3, 0.4) is 0 Å². The summed E-state index contributed by atoms with van der Waals surface area (Å²) in [5, 5.41) is 11.1. The molecule has 1 N–H and O–H groups in total. The zero-order chi connectivity index (χ0) is 24.2. The van der Waals surface area contributed by atoms with Crippen LogP contribution in [0.2, 0.25) is 0 Å². The lowest BCUT2D eigenvalue weighted by atomic mass is 9.95. The monoisotopic (exact) mass is 459 g/mol. The Kier molecular flexibility index (Phi) is 6.82. The van der Waals surface area contributed by atoms with Crippen molar-refractivity contribution in [2.24, 2.45) is 0 Å². The molecule has 1 fully saturated rings. The lowest BCUT2D eigenvalue weighted by Gasteiger charge is -2.25. The van der Waals surface area contributed by atoms with Gasteiger partial charge in [-0.3, -0.25) is 9.59 Å². The van der Waals surface area contributed by atoms with E-state index >= 15 is 0 Å². The summed E-state index contributed by atoms with van der Waals surface area (Å²) in [5.41, 5.74) is 2.39. The molecule has 1 unspecified atom stereocenters. The number of imidazole rings is 1. The summed E-state index contributed by atoms with van der Waals surface area (Å²) in [4.78, 5) is 31.8. The van der Waals surface area contributed by atoms with E-state index in [9.17, 15) is 14.7 Å². The number of ether oxygens (including phenoxy) is 1. The number of nitrogens with zero attached hydrogens (tertiary/aromatic N) is 3. The van der Waals surface area contributed by atoms with E-state index < -0.39 is 17.7 Å². The van der Waals surface area contributed by atoms with E-state index in [0.29, 0.717) is 30.8 Å². The fraction of sp³-hybridized carbons (Fsp3) is 0.296. The summed E-state index contributed by atoms with van der Waals surface area (Å²) in [6.07, 6.45) is 5.95. The number of aliphatic hydroxyl groups is 1. The minimum Gasteiger partial charge on any atom is -0.507 e. The quantitative estimate of drug-likeness (QED) is 0.305. The summed E-state index contributed by atoms with van der Waals surface area (Å²) in [6.45, 7) is 6.87. The predicted octanol–water partition coefficient (Wildman–Crippen LogP) is 4.49. The molecule has 0 spiro atoms. The van der Waals surface area contributed by atoms with Gasteiger partial charge >= 0.3 is 0 Å². The number of amides is 1. The second-order valence-corrected chi connectivity index (χ2v) is 8.75. The lowest BCUT2D eigenvalue weighted by molar-refractivity contribution is -0.139. The number of ketones is 1. The maximum atomic E-state index is 13.1. The van der Waals surface area contributed by atoms with E-state index in [-0.39, 0.29) is 17.4 Å². The van der Waals surface area contributed by atoms with Gasteiger partial charge in [-0.15, -0.1) is 0 Å². The first-order chi connectivity index (χ1) is 16.3. The van der Waals surface area contributed by atoms with Crippen molar-refractivity contribution in [1.29, 1.82) is 0 Å². The molecule has 1 aromatic heterocycles. The second-order valence-electron chi connectivity index (χ2n) is 8.75. The number of rotatable bonds is 8. The Morgan fingerprint density at radius 2 is 1.76 bits per heavy atom. The number of aromatic nitrogens is 2. The van der Waals surface area contributed by atoms with Gasteiger partial charge in [0.25, 0.3) is 11.7 Å². The molecular weight excluding hydrogens is 430 g/mol. The van der Waals surface area contributed by atoms with Gasteiger partial charge in [0.15, 0.2) is 0 Å². The molecule has 1 aliphatic rings. The minimum atomic E-state index is -0.683. The number of carbonyl (C=O) groups excluding carboxylic acids is 2. The first-order valence-corrected chi connectivity index (χ1v) is 11.4. The molecule has 1 amide bonds. The number of Topliss-reactive ketones (excluding diaryl/α,β-unsaturated/α-hetero) is 1. The molecule has 0 radical (unpaired) electrons. The molecule has 2 aromatic carbocycles. The topological polar surface area (TPSA) is 84.7 Å². The minimum absolute atomic E-state index is 0.0289. The Morgan fingerprint density at radius 3 is 2.38 bits per heavy atom. The Labute approximate surface area is 199 Å². The maximum absolute atomic E-state index is 13.1. The van der Waals surface area contributed by atoms with Crippen LogP contribution in [0.15, 0.2) is 72.8 Å². The molecule has 34 heavy (non-hydrogen) atoms. The third kappa shape index (κ3) is 4.88. The van der Waals surface area contributed by atoms with Crippen molar-refractivity contribution in [2.75, 3.05) is 6.54 Å². The number of hydrogen-bond donors (Lipinski definition) is 1. The van der Waals surface area contributed by atoms with Gasteiger partial charge in [0.05, 0.1) is 24.0 Å². The van der Waals surface area contributed by atoms with Crippen LogP contribution in [0, 0.1) is 6.92 Å². The van der Waals surface area contributed by atoms with Gasteiger partial charge in [-0.1, -0.05) is 42.0 Å². The molecule has 2 heterocycles. The zero-order valence-corrected chi connectivity index (χ0v) is 19.6. The van der Waals surface area contributed by atoms with Gasteiger partial charge in [0.1, 0.15) is 11.5 Å². The van der Waals surface area contributed by atoms with Gasteiger partial charge < -0.3 is 19.3 Å². The third-order valence-electron chi connectivity index (χ3n) is 5.81. The number of likely N-dealkylation sites (tertiary alicyclic amines) is 1. The van der Waals surface area contributed by atoms with E-state index in [0.717, 1.165) is 11.1 Å². The predicted molar refractivity (Wildman–Crippen MR) is 129 cm³/mol. The molecule has 3 aromatic rings. The van der Waals surface area contributed by atoms with Crippen molar-refractivity contribution in [3.8, 4) is 5.75 Å². The molecule has 1 saturated heterocycles. The molecular formula is C27H29N3O4. The van der Waals surface area contributed by atoms with Gasteiger partial charge in [0, 0.05) is 31.0 Å². The van der Waals surface area contributed by atoms with Gasteiger partial charge in [-0.05, 0) is 44.9 Å². The Hall–Kier alpha value is -3.87. The second kappa shape index (κ2) is 9.95. The van der Waals surface area contributed by atoms with Crippen LogP contribution in [-0.2, 0) is 16.1 Å². The first-order valence-electron chi connectivity index (χ1n) is 11.4. The first kappa shape index (κ1) is 23.3. The van der Waals surface area contributed by atoms with Crippen LogP contribution in [0.4, 0.5) is 0 Å². The van der Waals surface area contributed by atoms with Crippen molar-refractivity contribution < 1.29 is 19.4 Å². The summed E-state index contributed by atoms with van der Waals surface area (Å²) < 4.78 is 7.67. The Bertz CT molecular complexity index is 1180. The Balaban J connectivity index is 1.71. The van der Waals surface area contributed by atoms with Crippen LogP contribution in [-0.4, -0.2) is 43.9 Å². The molecule has 4 rings (SSSR count). The number of benzene rings is 2. The lowest BCUT2D eigenvalue weighted by Crippen LogP contribution is -2.31. The fourth-order valence-corrected chi connectivity index (χ4v) is 4.17. The van der Waals surface area contributed by atoms with Crippen molar-refractivity contribution in [2.45, 2.75) is 45.9 Å². The number of carbonyl (C=O) groups is 2. The Morgan fingerprint density at radius 1 is 1.06 bits per heavy atom. The molecule has 7 nitrogen and oxygen atoms in total. The van der Waals surface area contributed by atoms with Crippen molar-refractivity contribution >= 4 is 17.4 Å². The highest BCUT2D eigenvalue weighted by atomic mass is 16.5. The number of aryl methyl sites for hydroxylation is 2. The highest BCUT2D eigenvalue weighted by Crippen LogP contribution is 2.40. The van der Waals surface area contributed by atoms with E-state index in [1.165, 1.54) is 0 Å². The van der Waals surface area contributed by atoms with Crippen LogP contribution in [0.1, 0.15) is 43.0 Å². The van der Waals surface area contributed by atoms with Crippen molar-refractivity contribution in [3.63, 3.8) is 0 Å². The molecule has 0 bridgehead atoms. The van der Waals surface area contributed by atoms with Crippen LogP contribution >= 0.6 is 0 Å². The standard InChI is InChI=1S/C27H29N3O4/c1-18(2)34-22-11-9-20(10-12-22)24-23(25(31)21-7-5-19(3)6-8-21)26(32)27(33)30(24)15-4-14-29-16-13-28-17-29/h5-13,16-18,24,31H,4,14-15H2,1-3H3. The van der Waals surface area contributed by atoms with E-state index in [2.05, 4.69) is 4.98 Å². The van der Waals surface area contributed by atoms with E-state index in [4.69, 9.17) is 4.74 Å². The van der Waals surface area contributed by atoms with Crippen molar-refractivity contribution in [1.82, 2.24) is 14.5 Å². The number of aliphatic hydroxyl groups excluding tert-OH is 1. The van der Waals surface area contributed by atoms with Crippen LogP contribution < -0.4 is 4.74 Å². The maximum Gasteiger partial charge on any atom is 0.295 e. The van der Waals surface area contributed by atoms with Crippen LogP contribution in [0.5, 0.6) is 5.75 Å². The van der Waals surface area contributed by atoms with E-state index in [1.54, 1.807) is 29.6 Å². The summed E-state index contributed by atoms with van der Waals surface area (Å²) >= 11 is 0. The van der Waals surface area contributed by atoms with Gasteiger partial charge in [-0.2, -0.15) is 0 Å². The highest BCUT2D eigenvalue weighted by molar-refractivity contribution is 6.46. The normalized spacial score (nSPS) is 17.5. The van der Waals surface area contributed by atoms with Crippen LogP contribution in [0.25, 0.3) is 5.76 Å². The molecule has 1 aliphatic heterocycles. The highest BCUT2D eigenvalue weighted by Gasteiger charge is 2.45. The SMILES string of the molecule is Cc1ccc(C(O)=C2C(=O)C(=O)N(CCCn3ccnc3)C2c2ccc(OC(C)C)cc2)cc1. The fourth-order valence-electron chi connectivity index (χ4n) is 4.17. The number of hydrogen-bond acceptors (Lipinski definition) is 5. The summed E-state index contributed by atoms with van der Waals surface area (Å²) in [7, 11) is 0. The molecule has 176 valence electrons. The van der Waals surface area contributed by atoms with Gasteiger partial charge in [0.2, 0.25) is 0 Å². The molecule has 7 heteroatoms. The summed E-state index contributed by atoms with van der Waals surface area (Å²) in [6, 6.07) is 13.9. The largest absolute Gasteiger partial charge is 0.507 e. The summed E-state index contributed by atoms with van der Waals surface area (Å²) in [5.74, 6) is -0.739. The van der Waals surface area contributed by atoms with Crippen molar-refractivity contribution in [3.05, 3.63) is 89.5 Å². The average Bonchev–Trinajstić information content (AvgIpc) is 3.42. The third-order valence-corrected chi connectivity index (χ3v) is 5.81. The van der Waals surface area contributed by atoms with E-state index in [1.807, 2.05) is 67.9 Å². The molecule has 0 saturated carbocycles. The molecule has 0 aliphatic carbocycles. The molecule has 1 atom stereocenters. The zero-order valence-electron chi connectivity index (χ0n) is 19.6. The average molecular weight is 460 g/mol. The van der Waals surface area contributed by atoms with Gasteiger partial charge in [-0.25, -0.2) is 4.98 Å².